The van der Waals surface area contributed by atoms with Gasteiger partial charge in [-0.2, -0.15) is 5.10 Å². The molecule has 0 bridgehead atoms. The Morgan fingerprint density at radius 3 is 2.77 bits per heavy atom. The number of pyridine rings is 1. The van der Waals surface area contributed by atoms with Gasteiger partial charge in [-0.1, -0.05) is 24.3 Å². The Morgan fingerprint density at radius 1 is 1.18 bits per heavy atom. The van der Waals surface area contributed by atoms with Crippen LogP contribution in [0, 0.1) is 0 Å². The maximum atomic E-state index is 12.0. The average molecular weight is 293 g/mol. The van der Waals surface area contributed by atoms with Crippen molar-refractivity contribution in [3.63, 3.8) is 0 Å². The van der Waals surface area contributed by atoms with Crippen LogP contribution < -0.4 is 0 Å². The number of para-hydroxylation sites is 1. The molecular formula is C17H15N3O2. The lowest BCUT2D eigenvalue weighted by Gasteiger charge is -2.05. The van der Waals surface area contributed by atoms with Gasteiger partial charge in [0, 0.05) is 23.5 Å². The highest BCUT2D eigenvalue weighted by molar-refractivity contribution is 5.95. The van der Waals surface area contributed by atoms with Crippen LogP contribution in [0.1, 0.15) is 17.4 Å². The van der Waals surface area contributed by atoms with Crippen LogP contribution in [-0.4, -0.2) is 27.3 Å². The minimum absolute atomic E-state index is 0.303. The second-order valence-corrected chi connectivity index (χ2v) is 4.63. The largest absolute Gasteiger partial charge is 0.461 e. The zero-order valence-corrected chi connectivity index (χ0v) is 12.1. The van der Waals surface area contributed by atoms with Gasteiger partial charge in [-0.3, -0.25) is 0 Å². The third-order valence-corrected chi connectivity index (χ3v) is 3.19. The van der Waals surface area contributed by atoms with Gasteiger partial charge in [0.2, 0.25) is 0 Å². The van der Waals surface area contributed by atoms with Gasteiger partial charge < -0.3 is 4.74 Å². The van der Waals surface area contributed by atoms with Gasteiger partial charge in [0.1, 0.15) is 0 Å². The maximum Gasteiger partial charge on any atom is 0.357 e. The molecule has 0 aliphatic carbocycles. The highest BCUT2D eigenvalue weighted by Crippen LogP contribution is 2.23. The van der Waals surface area contributed by atoms with E-state index < -0.39 is 5.97 Å². The fourth-order valence-corrected chi connectivity index (χ4v) is 2.18. The highest BCUT2D eigenvalue weighted by atomic mass is 16.5. The summed E-state index contributed by atoms with van der Waals surface area (Å²) in [7, 11) is 0. The van der Waals surface area contributed by atoms with Gasteiger partial charge in [0.15, 0.2) is 5.69 Å². The van der Waals surface area contributed by atoms with Crippen LogP contribution in [0.25, 0.3) is 16.8 Å². The quantitative estimate of drug-likeness (QED) is 0.694. The zero-order valence-electron chi connectivity index (χ0n) is 12.1. The van der Waals surface area contributed by atoms with E-state index in [1.165, 1.54) is 0 Å². The van der Waals surface area contributed by atoms with Gasteiger partial charge in [-0.15, -0.1) is 0 Å². The standard InChI is InChI=1S/C17H15N3O2/c1-2-22-17(21)16-15(9-6-10-18-16)13-11-19-20(12-13)14-7-4-3-5-8-14/h3-12H,2H2,1H3. The number of carbonyl (C=O) groups excluding carboxylic acids is 1. The van der Waals surface area contributed by atoms with Crippen molar-refractivity contribution in [3.8, 4) is 16.8 Å². The molecule has 3 aromatic rings. The summed E-state index contributed by atoms with van der Waals surface area (Å²) in [6.07, 6.45) is 5.17. The molecule has 1 aromatic carbocycles. The summed E-state index contributed by atoms with van der Waals surface area (Å²) >= 11 is 0. The van der Waals surface area contributed by atoms with Crippen molar-refractivity contribution >= 4 is 5.97 Å². The second kappa shape index (κ2) is 6.22. The maximum absolute atomic E-state index is 12.0. The van der Waals surface area contributed by atoms with Crippen LogP contribution in [0.2, 0.25) is 0 Å². The SMILES string of the molecule is CCOC(=O)c1ncccc1-c1cnn(-c2ccccc2)c1. The number of hydrogen-bond acceptors (Lipinski definition) is 4. The summed E-state index contributed by atoms with van der Waals surface area (Å²) in [4.78, 5) is 16.1. The monoisotopic (exact) mass is 293 g/mol. The lowest BCUT2D eigenvalue weighted by Crippen LogP contribution is -2.08. The van der Waals surface area contributed by atoms with Crippen molar-refractivity contribution in [2.75, 3.05) is 6.61 Å². The number of hydrogen-bond donors (Lipinski definition) is 0. The summed E-state index contributed by atoms with van der Waals surface area (Å²) in [6, 6.07) is 13.4. The summed E-state index contributed by atoms with van der Waals surface area (Å²) < 4.78 is 6.81. The Balaban J connectivity index is 1.99. The van der Waals surface area contributed by atoms with Gasteiger partial charge in [0.05, 0.1) is 18.5 Å². The fraction of sp³-hybridized carbons (Fsp3) is 0.118. The summed E-state index contributed by atoms with van der Waals surface area (Å²) in [6.45, 7) is 2.09. The first-order valence-electron chi connectivity index (χ1n) is 7.02. The molecule has 0 amide bonds. The molecule has 5 heteroatoms. The number of esters is 1. The first kappa shape index (κ1) is 14.0. The Morgan fingerprint density at radius 2 is 2.00 bits per heavy atom. The average Bonchev–Trinajstić information content (AvgIpc) is 3.06. The summed E-state index contributed by atoms with van der Waals surface area (Å²) in [5.74, 6) is -0.425. The molecule has 0 aliphatic rings. The molecule has 5 nitrogen and oxygen atoms in total. The minimum Gasteiger partial charge on any atom is -0.461 e. The van der Waals surface area contributed by atoms with E-state index in [0.717, 1.165) is 11.3 Å². The molecule has 0 N–H and O–H groups in total. The van der Waals surface area contributed by atoms with E-state index in [1.54, 1.807) is 30.1 Å². The van der Waals surface area contributed by atoms with Crippen molar-refractivity contribution in [2.24, 2.45) is 0 Å². The van der Waals surface area contributed by atoms with Gasteiger partial charge in [-0.05, 0) is 25.1 Å². The second-order valence-electron chi connectivity index (χ2n) is 4.63. The van der Waals surface area contributed by atoms with Crippen LogP contribution in [0.5, 0.6) is 0 Å². The molecule has 110 valence electrons. The van der Waals surface area contributed by atoms with E-state index in [1.807, 2.05) is 42.6 Å². The summed E-state index contributed by atoms with van der Waals surface area (Å²) in [5, 5.41) is 4.35. The zero-order chi connectivity index (χ0) is 15.4. The molecule has 2 heterocycles. The molecule has 0 saturated heterocycles. The normalized spacial score (nSPS) is 10.4. The predicted molar refractivity (Wildman–Crippen MR) is 82.8 cm³/mol. The van der Waals surface area contributed by atoms with Crippen LogP contribution in [0.4, 0.5) is 0 Å². The van der Waals surface area contributed by atoms with E-state index in [-0.39, 0.29) is 0 Å². The molecule has 22 heavy (non-hydrogen) atoms. The smallest absolute Gasteiger partial charge is 0.357 e. The Bertz CT molecular complexity index is 781. The molecule has 0 aliphatic heterocycles. The molecule has 2 aromatic heterocycles. The topological polar surface area (TPSA) is 57.0 Å². The molecule has 0 radical (unpaired) electrons. The molecule has 0 atom stereocenters. The van der Waals surface area contributed by atoms with E-state index in [9.17, 15) is 4.79 Å². The number of rotatable bonds is 4. The lowest BCUT2D eigenvalue weighted by atomic mass is 10.1. The number of carbonyl (C=O) groups is 1. The van der Waals surface area contributed by atoms with Crippen molar-refractivity contribution in [2.45, 2.75) is 6.92 Å². The van der Waals surface area contributed by atoms with Crippen molar-refractivity contribution in [1.82, 2.24) is 14.8 Å². The molecular weight excluding hydrogens is 278 g/mol. The van der Waals surface area contributed by atoms with Crippen LogP contribution >= 0.6 is 0 Å². The molecule has 0 unspecified atom stereocenters. The number of benzene rings is 1. The molecule has 0 spiro atoms. The van der Waals surface area contributed by atoms with Crippen molar-refractivity contribution in [1.29, 1.82) is 0 Å². The first-order valence-corrected chi connectivity index (χ1v) is 7.02. The van der Waals surface area contributed by atoms with Crippen molar-refractivity contribution < 1.29 is 9.53 Å². The molecule has 0 saturated carbocycles. The van der Waals surface area contributed by atoms with E-state index in [0.29, 0.717) is 17.9 Å². The molecule has 3 rings (SSSR count). The third kappa shape index (κ3) is 2.74. The van der Waals surface area contributed by atoms with E-state index >= 15 is 0 Å². The van der Waals surface area contributed by atoms with Crippen LogP contribution in [-0.2, 0) is 4.74 Å². The van der Waals surface area contributed by atoms with Gasteiger partial charge in [-0.25, -0.2) is 14.5 Å². The summed E-state index contributed by atoms with van der Waals surface area (Å²) in [5.41, 5.74) is 2.79. The number of aromatic nitrogens is 3. The lowest BCUT2D eigenvalue weighted by molar-refractivity contribution is 0.0520. The Kier molecular flexibility index (Phi) is 3.96. The minimum atomic E-state index is -0.425. The van der Waals surface area contributed by atoms with Crippen LogP contribution in [0.15, 0.2) is 61.1 Å². The van der Waals surface area contributed by atoms with E-state index in [2.05, 4.69) is 10.1 Å². The Labute approximate surface area is 128 Å². The fourth-order valence-electron chi connectivity index (χ4n) is 2.18. The van der Waals surface area contributed by atoms with Crippen LogP contribution in [0.3, 0.4) is 0 Å². The highest BCUT2D eigenvalue weighted by Gasteiger charge is 2.16. The van der Waals surface area contributed by atoms with Crippen molar-refractivity contribution in [3.05, 3.63) is 66.7 Å². The van der Waals surface area contributed by atoms with Gasteiger partial charge >= 0.3 is 5.97 Å². The predicted octanol–water partition coefficient (Wildman–Crippen LogP) is 3.11. The number of ether oxygens (including phenoxy) is 1. The van der Waals surface area contributed by atoms with E-state index in [4.69, 9.17) is 4.74 Å². The first-order chi connectivity index (χ1) is 10.8. The third-order valence-electron chi connectivity index (χ3n) is 3.19. The number of nitrogens with zero attached hydrogens (tertiary/aromatic N) is 3. The molecule has 0 fully saturated rings. The Hall–Kier alpha value is -2.95. The van der Waals surface area contributed by atoms with Gasteiger partial charge in [0.25, 0.3) is 0 Å².